The van der Waals surface area contributed by atoms with E-state index in [-0.39, 0.29) is 5.56 Å². The van der Waals surface area contributed by atoms with Gasteiger partial charge in [0.2, 0.25) is 0 Å². The second-order valence-electron chi connectivity index (χ2n) is 4.73. The molecule has 0 saturated carbocycles. The molecule has 0 aliphatic rings. The number of nitriles is 1. The van der Waals surface area contributed by atoms with Crippen LogP contribution in [0, 0.1) is 17.1 Å². The van der Waals surface area contributed by atoms with Gasteiger partial charge in [0.1, 0.15) is 11.9 Å². The molecule has 0 bridgehead atoms. The fourth-order valence-electron chi connectivity index (χ4n) is 2.36. The Bertz CT molecular complexity index is 922. The summed E-state index contributed by atoms with van der Waals surface area (Å²) < 4.78 is 20.2. The third-order valence-electron chi connectivity index (χ3n) is 3.46. The van der Waals surface area contributed by atoms with Crippen LogP contribution in [0.15, 0.2) is 48.7 Å². The van der Waals surface area contributed by atoms with Crippen LogP contribution in [-0.4, -0.2) is 17.6 Å². The zero-order valence-electron chi connectivity index (χ0n) is 11.7. The maximum atomic E-state index is 13.8. The van der Waals surface area contributed by atoms with Crippen molar-refractivity contribution in [3.8, 4) is 11.8 Å². The van der Waals surface area contributed by atoms with Crippen molar-refractivity contribution < 1.29 is 13.9 Å². The van der Waals surface area contributed by atoms with Gasteiger partial charge in [-0.15, -0.1) is 0 Å². The highest BCUT2D eigenvalue weighted by Gasteiger charge is 2.10. The van der Waals surface area contributed by atoms with Gasteiger partial charge in [-0.05, 0) is 42.5 Å². The second kappa shape index (κ2) is 5.34. The van der Waals surface area contributed by atoms with E-state index in [2.05, 4.69) is 0 Å². The van der Waals surface area contributed by atoms with Crippen LogP contribution in [0.2, 0.25) is 0 Å². The number of halogens is 1. The molecule has 0 amide bonds. The summed E-state index contributed by atoms with van der Waals surface area (Å²) >= 11 is 0. The summed E-state index contributed by atoms with van der Waals surface area (Å²) in [6, 6.07) is 13.2. The molecule has 0 N–H and O–H groups in total. The molecule has 0 unspecified atom stereocenters. The summed E-state index contributed by atoms with van der Waals surface area (Å²) in [5, 5.41) is 9.62. The Morgan fingerprint density at radius 3 is 2.73 bits per heavy atom. The molecule has 0 atom stereocenters. The molecule has 1 aromatic heterocycles. The lowest BCUT2D eigenvalue weighted by Crippen LogP contribution is -2.00. The van der Waals surface area contributed by atoms with E-state index in [1.165, 1.54) is 19.2 Å². The van der Waals surface area contributed by atoms with Crippen LogP contribution in [0.25, 0.3) is 16.6 Å². The van der Waals surface area contributed by atoms with Crippen molar-refractivity contribution in [3.63, 3.8) is 0 Å². The average molecular weight is 294 g/mol. The minimum atomic E-state index is -0.562. The lowest BCUT2D eigenvalue weighted by atomic mass is 10.1. The minimum absolute atomic E-state index is 0.00758. The van der Waals surface area contributed by atoms with E-state index < -0.39 is 11.8 Å². The van der Waals surface area contributed by atoms with Crippen molar-refractivity contribution in [2.45, 2.75) is 0 Å². The standard InChI is InChI=1S/C17H11FN2O2/c1-22-17(21)12-3-5-16-11(8-12)6-7-20(16)14-4-2-13(10-19)15(18)9-14/h2-9H,1H3. The molecule has 0 spiro atoms. The number of esters is 1. The molecular formula is C17H11FN2O2. The van der Waals surface area contributed by atoms with Crippen LogP contribution in [0.3, 0.4) is 0 Å². The predicted molar refractivity (Wildman–Crippen MR) is 79.3 cm³/mol. The molecule has 3 aromatic rings. The van der Waals surface area contributed by atoms with E-state index in [0.29, 0.717) is 11.3 Å². The van der Waals surface area contributed by atoms with E-state index in [4.69, 9.17) is 10.00 Å². The van der Waals surface area contributed by atoms with Crippen LogP contribution in [0.1, 0.15) is 15.9 Å². The van der Waals surface area contributed by atoms with Gasteiger partial charge in [-0.2, -0.15) is 5.26 Å². The minimum Gasteiger partial charge on any atom is -0.465 e. The summed E-state index contributed by atoms with van der Waals surface area (Å²) in [5.74, 6) is -0.966. The van der Waals surface area contributed by atoms with E-state index in [0.717, 1.165) is 10.9 Å². The van der Waals surface area contributed by atoms with Crippen molar-refractivity contribution >= 4 is 16.9 Å². The fourth-order valence-corrected chi connectivity index (χ4v) is 2.36. The molecule has 22 heavy (non-hydrogen) atoms. The topological polar surface area (TPSA) is 55.0 Å². The Balaban J connectivity index is 2.11. The van der Waals surface area contributed by atoms with E-state index >= 15 is 0 Å². The van der Waals surface area contributed by atoms with Gasteiger partial charge >= 0.3 is 5.97 Å². The Labute approximate surface area is 126 Å². The number of hydrogen-bond acceptors (Lipinski definition) is 3. The van der Waals surface area contributed by atoms with Crippen molar-refractivity contribution in [1.29, 1.82) is 5.26 Å². The first-order valence-electron chi connectivity index (χ1n) is 6.53. The van der Waals surface area contributed by atoms with Gasteiger partial charge in [0.05, 0.1) is 23.8 Å². The molecule has 5 heteroatoms. The summed E-state index contributed by atoms with van der Waals surface area (Å²) in [6.45, 7) is 0. The molecular weight excluding hydrogens is 283 g/mol. The van der Waals surface area contributed by atoms with Gasteiger partial charge in [0.25, 0.3) is 0 Å². The number of nitrogens with zero attached hydrogens (tertiary/aromatic N) is 2. The van der Waals surface area contributed by atoms with Crippen molar-refractivity contribution in [1.82, 2.24) is 4.57 Å². The van der Waals surface area contributed by atoms with Crippen molar-refractivity contribution in [2.75, 3.05) is 7.11 Å². The highest BCUT2D eigenvalue weighted by molar-refractivity contribution is 5.95. The van der Waals surface area contributed by atoms with Gasteiger partial charge in [-0.25, -0.2) is 9.18 Å². The molecule has 0 aliphatic carbocycles. The number of fused-ring (bicyclic) bond motifs is 1. The number of hydrogen-bond donors (Lipinski definition) is 0. The number of aromatic nitrogens is 1. The third kappa shape index (κ3) is 2.21. The zero-order chi connectivity index (χ0) is 15.7. The molecule has 4 nitrogen and oxygen atoms in total. The van der Waals surface area contributed by atoms with Gasteiger partial charge in [-0.1, -0.05) is 0 Å². The lowest BCUT2D eigenvalue weighted by Gasteiger charge is -2.07. The summed E-state index contributed by atoms with van der Waals surface area (Å²) in [5.41, 5.74) is 1.90. The van der Waals surface area contributed by atoms with E-state index in [1.54, 1.807) is 41.1 Å². The Morgan fingerprint density at radius 2 is 2.05 bits per heavy atom. The number of carbonyl (C=O) groups excluding carboxylic acids is 1. The zero-order valence-corrected chi connectivity index (χ0v) is 11.7. The number of rotatable bonds is 2. The Morgan fingerprint density at radius 1 is 1.23 bits per heavy atom. The molecule has 108 valence electrons. The summed E-state index contributed by atoms with van der Waals surface area (Å²) in [7, 11) is 1.33. The Hall–Kier alpha value is -3.13. The van der Waals surface area contributed by atoms with Crippen molar-refractivity contribution in [3.05, 3.63) is 65.6 Å². The highest BCUT2D eigenvalue weighted by Crippen LogP contribution is 2.23. The molecule has 0 aliphatic heterocycles. The first-order chi connectivity index (χ1) is 10.6. The first kappa shape index (κ1) is 13.8. The largest absolute Gasteiger partial charge is 0.465 e. The first-order valence-corrected chi connectivity index (χ1v) is 6.53. The molecule has 3 rings (SSSR count). The average Bonchev–Trinajstić information content (AvgIpc) is 2.97. The maximum Gasteiger partial charge on any atom is 0.337 e. The normalized spacial score (nSPS) is 10.4. The molecule has 0 radical (unpaired) electrons. The molecule has 2 aromatic carbocycles. The smallest absolute Gasteiger partial charge is 0.337 e. The monoisotopic (exact) mass is 294 g/mol. The molecule has 0 fully saturated rings. The second-order valence-corrected chi connectivity index (χ2v) is 4.73. The van der Waals surface area contributed by atoms with Crippen LogP contribution in [0.4, 0.5) is 4.39 Å². The van der Waals surface area contributed by atoms with E-state index in [1.807, 2.05) is 6.07 Å². The van der Waals surface area contributed by atoms with Gasteiger partial charge in [0.15, 0.2) is 0 Å². The van der Waals surface area contributed by atoms with Crippen LogP contribution >= 0.6 is 0 Å². The van der Waals surface area contributed by atoms with Gasteiger partial charge in [-0.3, -0.25) is 0 Å². The molecule has 0 saturated heterocycles. The Kier molecular flexibility index (Phi) is 3.36. The maximum absolute atomic E-state index is 13.8. The summed E-state index contributed by atoms with van der Waals surface area (Å²) in [6.07, 6.45) is 1.78. The van der Waals surface area contributed by atoms with Crippen LogP contribution in [-0.2, 0) is 4.74 Å². The van der Waals surface area contributed by atoms with Crippen LogP contribution < -0.4 is 0 Å². The number of ether oxygens (including phenoxy) is 1. The van der Waals surface area contributed by atoms with Crippen LogP contribution in [0.5, 0.6) is 0 Å². The fraction of sp³-hybridized carbons (Fsp3) is 0.0588. The lowest BCUT2D eigenvalue weighted by molar-refractivity contribution is 0.0601. The third-order valence-corrected chi connectivity index (χ3v) is 3.46. The quantitative estimate of drug-likeness (QED) is 0.680. The number of carbonyl (C=O) groups is 1. The van der Waals surface area contributed by atoms with E-state index in [9.17, 15) is 9.18 Å². The predicted octanol–water partition coefficient (Wildman–Crippen LogP) is 3.43. The van der Waals surface area contributed by atoms with Gasteiger partial charge in [0, 0.05) is 17.3 Å². The highest BCUT2D eigenvalue weighted by atomic mass is 19.1. The summed E-state index contributed by atoms with van der Waals surface area (Å²) in [4.78, 5) is 11.5. The number of methoxy groups -OCH3 is 1. The molecule has 1 heterocycles. The van der Waals surface area contributed by atoms with Crippen molar-refractivity contribution in [2.24, 2.45) is 0 Å². The SMILES string of the molecule is COC(=O)c1ccc2c(ccn2-c2ccc(C#N)c(F)c2)c1. The van der Waals surface area contributed by atoms with Gasteiger partial charge < -0.3 is 9.30 Å². The number of benzene rings is 2.